The second-order valence-corrected chi connectivity index (χ2v) is 7.97. The van der Waals surface area contributed by atoms with Gasteiger partial charge in [-0.1, -0.05) is 0 Å². The molecule has 0 amide bonds. The van der Waals surface area contributed by atoms with Crippen LogP contribution in [0.4, 0.5) is 17.6 Å². The van der Waals surface area contributed by atoms with E-state index < -0.39 is 0 Å². The van der Waals surface area contributed by atoms with Crippen molar-refractivity contribution >= 4 is 28.6 Å². The van der Waals surface area contributed by atoms with Crippen LogP contribution in [0, 0.1) is 6.92 Å². The zero-order valence-electron chi connectivity index (χ0n) is 17.8. The molecule has 8 heteroatoms. The lowest BCUT2D eigenvalue weighted by molar-refractivity contribution is 0.0718. The third-order valence-corrected chi connectivity index (χ3v) is 5.59. The van der Waals surface area contributed by atoms with E-state index in [4.69, 9.17) is 9.72 Å². The van der Waals surface area contributed by atoms with Crippen molar-refractivity contribution in [1.29, 1.82) is 0 Å². The highest BCUT2D eigenvalue weighted by Gasteiger charge is 2.27. The number of anilines is 3. The molecule has 0 radical (unpaired) electrons. The molecule has 0 saturated carbocycles. The molecule has 1 aliphatic heterocycles. The summed E-state index contributed by atoms with van der Waals surface area (Å²) < 4.78 is 7.73. The quantitative estimate of drug-likeness (QED) is 0.702. The van der Waals surface area contributed by atoms with Crippen LogP contribution in [-0.2, 0) is 4.74 Å². The van der Waals surface area contributed by atoms with Crippen LogP contribution >= 0.6 is 0 Å². The summed E-state index contributed by atoms with van der Waals surface area (Å²) in [6, 6.07) is 4.57. The van der Waals surface area contributed by atoms with Gasteiger partial charge in [-0.2, -0.15) is 4.98 Å². The van der Waals surface area contributed by atoms with E-state index in [0.29, 0.717) is 18.2 Å². The maximum Gasteiger partial charge on any atom is 0.227 e. The Balaban J connectivity index is 1.57. The molecule has 4 rings (SSSR count). The molecule has 154 valence electrons. The molecule has 8 nitrogen and oxygen atoms in total. The van der Waals surface area contributed by atoms with Gasteiger partial charge in [-0.25, -0.2) is 15.0 Å². The first-order valence-electron chi connectivity index (χ1n) is 10.2. The Hall–Kier alpha value is -2.74. The summed E-state index contributed by atoms with van der Waals surface area (Å²) in [6.07, 6.45) is 5.88. The molecule has 0 spiro atoms. The monoisotopic (exact) mass is 395 g/mol. The fourth-order valence-electron chi connectivity index (χ4n) is 4.17. The molecule has 3 aromatic heterocycles. The molecule has 2 atom stereocenters. The normalized spacial score (nSPS) is 19.9. The minimum Gasteiger partial charge on any atom is -0.381 e. The van der Waals surface area contributed by atoms with Crippen LogP contribution < -0.4 is 10.2 Å². The van der Waals surface area contributed by atoms with Crippen molar-refractivity contribution in [2.24, 2.45) is 0 Å². The average molecular weight is 396 g/mol. The molecule has 1 saturated heterocycles. The Morgan fingerprint density at radius 2 is 2.03 bits per heavy atom. The van der Waals surface area contributed by atoms with E-state index in [2.05, 4.69) is 50.5 Å². The Morgan fingerprint density at radius 1 is 1.21 bits per heavy atom. The smallest absolute Gasteiger partial charge is 0.227 e. The number of piperidine rings is 1. The lowest BCUT2D eigenvalue weighted by atomic mass is 10.0. The van der Waals surface area contributed by atoms with E-state index in [1.54, 1.807) is 13.3 Å². The first-order valence-corrected chi connectivity index (χ1v) is 10.2. The van der Waals surface area contributed by atoms with E-state index in [0.717, 1.165) is 53.8 Å². The van der Waals surface area contributed by atoms with Gasteiger partial charge in [0, 0.05) is 38.0 Å². The van der Waals surface area contributed by atoms with E-state index in [9.17, 15) is 0 Å². The molecular weight excluding hydrogens is 366 g/mol. The minimum atomic E-state index is 0.313. The fourth-order valence-corrected chi connectivity index (χ4v) is 4.17. The number of aromatic nitrogens is 5. The van der Waals surface area contributed by atoms with Gasteiger partial charge in [0.25, 0.3) is 0 Å². The molecule has 4 heterocycles. The maximum absolute atomic E-state index is 5.52. The topological polar surface area (TPSA) is 81.0 Å². The fraction of sp³-hybridized carbons (Fsp3) is 0.524. The number of nitrogens with one attached hydrogen (secondary N) is 1. The van der Waals surface area contributed by atoms with Crippen molar-refractivity contribution in [3.05, 3.63) is 30.4 Å². The van der Waals surface area contributed by atoms with Gasteiger partial charge in [-0.15, -0.1) is 0 Å². The zero-order valence-corrected chi connectivity index (χ0v) is 17.8. The van der Waals surface area contributed by atoms with Gasteiger partial charge in [-0.3, -0.25) is 0 Å². The molecule has 1 N–H and O–H groups in total. The van der Waals surface area contributed by atoms with Gasteiger partial charge in [0.2, 0.25) is 5.95 Å². The van der Waals surface area contributed by atoms with Crippen LogP contribution in [0.25, 0.3) is 11.0 Å². The third kappa shape index (κ3) is 3.89. The van der Waals surface area contributed by atoms with Gasteiger partial charge in [0.05, 0.1) is 17.8 Å². The Labute approximate surface area is 171 Å². The second kappa shape index (κ2) is 7.94. The second-order valence-electron chi connectivity index (χ2n) is 7.97. The molecule has 0 aromatic carbocycles. The molecule has 1 aliphatic rings. The van der Waals surface area contributed by atoms with Crippen molar-refractivity contribution in [1.82, 2.24) is 24.5 Å². The van der Waals surface area contributed by atoms with Crippen molar-refractivity contribution < 1.29 is 4.74 Å². The summed E-state index contributed by atoms with van der Waals surface area (Å²) >= 11 is 0. The first-order chi connectivity index (χ1) is 14.0. The zero-order chi connectivity index (χ0) is 20.5. The van der Waals surface area contributed by atoms with Crippen molar-refractivity contribution in [2.45, 2.75) is 58.7 Å². The van der Waals surface area contributed by atoms with Gasteiger partial charge in [0.1, 0.15) is 23.0 Å². The largest absolute Gasteiger partial charge is 0.381 e. The lowest BCUT2D eigenvalue weighted by Crippen LogP contribution is -2.44. The summed E-state index contributed by atoms with van der Waals surface area (Å²) in [5, 5.41) is 3.33. The highest BCUT2D eigenvalue weighted by atomic mass is 16.5. The Morgan fingerprint density at radius 3 is 2.76 bits per heavy atom. The number of fused-ring (bicyclic) bond motifs is 1. The molecule has 3 aromatic rings. The van der Waals surface area contributed by atoms with E-state index in [1.807, 2.05) is 25.3 Å². The van der Waals surface area contributed by atoms with E-state index in [1.165, 1.54) is 0 Å². The molecule has 0 aliphatic carbocycles. The Kier molecular flexibility index (Phi) is 5.36. The number of imidazole rings is 1. The number of rotatable bonds is 5. The predicted molar refractivity (Wildman–Crippen MR) is 115 cm³/mol. The molecule has 0 bridgehead atoms. The van der Waals surface area contributed by atoms with Gasteiger partial charge >= 0.3 is 0 Å². The van der Waals surface area contributed by atoms with Crippen molar-refractivity contribution in [3.63, 3.8) is 0 Å². The number of ether oxygens (including phenoxy) is 1. The van der Waals surface area contributed by atoms with Crippen LogP contribution in [-0.4, -0.2) is 50.3 Å². The highest BCUT2D eigenvalue weighted by molar-refractivity contribution is 5.79. The molecule has 0 unspecified atom stereocenters. The van der Waals surface area contributed by atoms with Crippen LogP contribution in [0.1, 0.15) is 45.5 Å². The SMILES string of the molecule is CO[C@H]1CCN(c2nccc(Nc3cc4c(cn3)nc(C)n4C(C)C)n2)[C@@H](C)C1. The first kappa shape index (κ1) is 19.6. The molecule has 1 fully saturated rings. The summed E-state index contributed by atoms with van der Waals surface area (Å²) in [6.45, 7) is 9.43. The summed E-state index contributed by atoms with van der Waals surface area (Å²) in [4.78, 5) is 20.6. The van der Waals surface area contributed by atoms with Crippen LogP contribution in [0.2, 0.25) is 0 Å². The summed E-state index contributed by atoms with van der Waals surface area (Å²) in [5.74, 6) is 3.21. The van der Waals surface area contributed by atoms with Gasteiger partial charge < -0.3 is 19.5 Å². The van der Waals surface area contributed by atoms with Gasteiger partial charge in [-0.05, 0) is 46.6 Å². The number of aryl methyl sites for hydroxylation is 1. The highest BCUT2D eigenvalue weighted by Crippen LogP contribution is 2.26. The summed E-state index contributed by atoms with van der Waals surface area (Å²) in [5.41, 5.74) is 1.97. The van der Waals surface area contributed by atoms with E-state index >= 15 is 0 Å². The number of nitrogens with zero attached hydrogens (tertiary/aromatic N) is 6. The maximum atomic E-state index is 5.52. The third-order valence-electron chi connectivity index (χ3n) is 5.59. The standard InChI is InChI=1S/C21H29N7O/c1-13(2)28-15(4)24-17-12-23-20(11-18(17)28)25-19-6-8-22-21(26-19)27-9-7-16(29-5)10-14(27)3/h6,8,11-14,16H,7,9-10H2,1-5H3,(H,22,23,25,26)/t14-,16-/m0/s1. The van der Waals surface area contributed by atoms with Gasteiger partial charge in [0.15, 0.2) is 0 Å². The number of hydrogen-bond donors (Lipinski definition) is 1. The van der Waals surface area contributed by atoms with Crippen LogP contribution in [0.15, 0.2) is 24.5 Å². The molecule has 29 heavy (non-hydrogen) atoms. The minimum absolute atomic E-state index is 0.313. The Bertz CT molecular complexity index is 1000. The molecular formula is C21H29N7O. The summed E-state index contributed by atoms with van der Waals surface area (Å²) in [7, 11) is 1.78. The number of pyridine rings is 1. The number of methoxy groups -OCH3 is 1. The van der Waals surface area contributed by atoms with E-state index in [-0.39, 0.29) is 0 Å². The van der Waals surface area contributed by atoms with Crippen molar-refractivity contribution in [3.8, 4) is 0 Å². The average Bonchev–Trinajstić information content (AvgIpc) is 3.03. The van der Waals surface area contributed by atoms with Crippen LogP contribution in [0.3, 0.4) is 0 Å². The van der Waals surface area contributed by atoms with Crippen LogP contribution in [0.5, 0.6) is 0 Å². The number of hydrogen-bond acceptors (Lipinski definition) is 7. The van der Waals surface area contributed by atoms with Crippen molar-refractivity contribution in [2.75, 3.05) is 23.9 Å². The lowest BCUT2D eigenvalue weighted by Gasteiger charge is -2.37. The predicted octanol–water partition coefficient (Wildman–Crippen LogP) is 3.86.